The number of hydrogen-bond acceptors (Lipinski definition) is 3. The van der Waals surface area contributed by atoms with Crippen molar-refractivity contribution in [2.24, 2.45) is 0 Å². The maximum Gasteiger partial charge on any atom is 0.306 e. The molecule has 0 aromatic carbocycles. The largest absolute Gasteiger partial charge is 0.461 e. The van der Waals surface area contributed by atoms with Crippen molar-refractivity contribution in [2.75, 3.05) is 0 Å². The summed E-state index contributed by atoms with van der Waals surface area (Å²) in [6.45, 7) is 2.58. The van der Waals surface area contributed by atoms with E-state index in [4.69, 9.17) is 4.74 Å². The summed E-state index contributed by atoms with van der Waals surface area (Å²) in [4.78, 5) is 15.7. The van der Waals surface area contributed by atoms with Crippen molar-refractivity contribution in [3.63, 3.8) is 0 Å². The number of carbonyl (C=O) groups is 1. The molecule has 1 rings (SSSR count). The third-order valence-corrected chi connectivity index (χ3v) is 4.95. The number of esters is 1. The predicted octanol–water partition coefficient (Wildman–Crippen LogP) is 7.72. The third-order valence-electron chi connectivity index (χ3n) is 4.95. The Balaban J connectivity index is 1.81. The zero-order valence-electron chi connectivity index (χ0n) is 18.5. The lowest BCUT2D eigenvalue weighted by atomic mass is 10.1. The molecule has 0 N–H and O–H groups in total. The minimum absolute atomic E-state index is 0.101. The van der Waals surface area contributed by atoms with Crippen LogP contribution in [0.2, 0.25) is 0 Å². The molecular weight excluding hydrogens is 358 g/mol. The van der Waals surface area contributed by atoms with Gasteiger partial charge in [-0.15, -0.1) is 0 Å². The van der Waals surface area contributed by atoms with Gasteiger partial charge in [0.15, 0.2) is 0 Å². The molecule has 0 spiro atoms. The van der Waals surface area contributed by atoms with Crippen LogP contribution in [-0.4, -0.2) is 11.0 Å². The molecule has 3 nitrogen and oxygen atoms in total. The van der Waals surface area contributed by atoms with Crippen LogP contribution in [0.5, 0.6) is 0 Å². The maximum atomic E-state index is 11.7. The van der Waals surface area contributed by atoms with Crippen LogP contribution in [0.4, 0.5) is 0 Å². The van der Waals surface area contributed by atoms with Gasteiger partial charge in [0, 0.05) is 24.4 Å². The number of rotatable bonds is 18. The van der Waals surface area contributed by atoms with Crippen molar-refractivity contribution in [3.05, 3.63) is 54.4 Å². The predicted molar refractivity (Wildman–Crippen MR) is 123 cm³/mol. The van der Waals surface area contributed by atoms with E-state index >= 15 is 0 Å². The van der Waals surface area contributed by atoms with Crippen LogP contribution in [0.1, 0.15) is 102 Å². The molecule has 29 heavy (non-hydrogen) atoms. The molecule has 0 aliphatic heterocycles. The topological polar surface area (TPSA) is 39.2 Å². The summed E-state index contributed by atoms with van der Waals surface area (Å²) in [5.41, 5.74) is 0.939. The Hall–Kier alpha value is -1.90. The summed E-state index contributed by atoms with van der Waals surface area (Å²) >= 11 is 0. The highest BCUT2D eigenvalue weighted by molar-refractivity contribution is 5.69. The van der Waals surface area contributed by atoms with Crippen molar-refractivity contribution in [1.29, 1.82) is 0 Å². The van der Waals surface area contributed by atoms with Crippen molar-refractivity contribution in [3.8, 4) is 0 Å². The third kappa shape index (κ3) is 16.7. The van der Waals surface area contributed by atoms with E-state index in [0.29, 0.717) is 13.0 Å². The van der Waals surface area contributed by atoms with Gasteiger partial charge in [0.1, 0.15) is 6.61 Å². The van der Waals surface area contributed by atoms with Gasteiger partial charge in [-0.2, -0.15) is 0 Å². The first kappa shape index (κ1) is 25.1. The molecular formula is C26H41NO2. The molecule has 0 saturated heterocycles. The highest BCUT2D eigenvalue weighted by Crippen LogP contribution is 2.11. The van der Waals surface area contributed by atoms with Crippen LogP contribution in [0.15, 0.2) is 48.8 Å². The molecule has 0 atom stereocenters. The Kier molecular flexibility index (Phi) is 16.8. The Morgan fingerprint density at radius 2 is 1.55 bits per heavy atom. The lowest BCUT2D eigenvalue weighted by molar-refractivity contribution is -0.145. The molecule has 1 aromatic rings. The highest BCUT2D eigenvalue weighted by atomic mass is 16.5. The standard InChI is InChI=1S/C26H41NO2/c1-2-3-4-5-6-7-8-9-10-11-12-13-14-15-16-17-18-21-26(28)29-24-25-20-19-22-27-23-25/h6-7,9-10,19-20,22-23H,2-5,8,11-18,21,24H2,1H3/b7-6-,10-9-. The summed E-state index contributed by atoms with van der Waals surface area (Å²) < 4.78 is 5.27. The number of allylic oxidation sites excluding steroid dienone is 4. The van der Waals surface area contributed by atoms with Crippen LogP contribution in [-0.2, 0) is 16.1 Å². The highest BCUT2D eigenvalue weighted by Gasteiger charge is 2.03. The number of ether oxygens (including phenoxy) is 1. The van der Waals surface area contributed by atoms with Gasteiger partial charge in [0.25, 0.3) is 0 Å². The summed E-state index contributed by atoms with van der Waals surface area (Å²) in [6, 6.07) is 3.77. The van der Waals surface area contributed by atoms with Crippen LogP contribution in [0.25, 0.3) is 0 Å². The fourth-order valence-electron chi connectivity index (χ4n) is 3.15. The van der Waals surface area contributed by atoms with Gasteiger partial charge < -0.3 is 4.74 Å². The lowest BCUT2D eigenvalue weighted by Gasteiger charge is -2.05. The number of pyridine rings is 1. The maximum absolute atomic E-state index is 11.7. The van der Waals surface area contributed by atoms with Gasteiger partial charge in [-0.05, 0) is 44.6 Å². The van der Waals surface area contributed by atoms with Crippen LogP contribution in [0, 0.1) is 0 Å². The van der Waals surface area contributed by atoms with Gasteiger partial charge in [0.2, 0.25) is 0 Å². The van der Waals surface area contributed by atoms with E-state index in [1.54, 1.807) is 12.4 Å². The van der Waals surface area contributed by atoms with Gasteiger partial charge in [0.05, 0.1) is 0 Å². The van der Waals surface area contributed by atoms with Crippen LogP contribution < -0.4 is 0 Å². The molecule has 0 amide bonds. The van der Waals surface area contributed by atoms with Crippen LogP contribution >= 0.6 is 0 Å². The summed E-state index contributed by atoms with van der Waals surface area (Å²) in [7, 11) is 0. The van der Waals surface area contributed by atoms with E-state index in [1.165, 1.54) is 64.2 Å². The zero-order valence-corrected chi connectivity index (χ0v) is 18.5. The molecule has 1 aromatic heterocycles. The number of carbonyl (C=O) groups excluding carboxylic acids is 1. The number of hydrogen-bond donors (Lipinski definition) is 0. The second-order valence-corrected chi connectivity index (χ2v) is 7.71. The summed E-state index contributed by atoms with van der Waals surface area (Å²) in [6.07, 6.45) is 29.1. The summed E-state index contributed by atoms with van der Waals surface area (Å²) in [5, 5.41) is 0. The first-order chi connectivity index (χ1) is 14.3. The fourth-order valence-corrected chi connectivity index (χ4v) is 3.15. The monoisotopic (exact) mass is 399 g/mol. The quantitative estimate of drug-likeness (QED) is 0.144. The van der Waals surface area contributed by atoms with Crippen molar-refractivity contribution in [2.45, 2.75) is 103 Å². The number of unbranched alkanes of at least 4 members (excludes halogenated alkanes) is 10. The van der Waals surface area contributed by atoms with Crippen LogP contribution in [0.3, 0.4) is 0 Å². The zero-order chi connectivity index (χ0) is 20.8. The molecule has 0 aliphatic rings. The minimum Gasteiger partial charge on any atom is -0.461 e. The summed E-state index contributed by atoms with van der Waals surface area (Å²) in [5.74, 6) is -0.101. The fraction of sp³-hybridized carbons (Fsp3) is 0.615. The molecule has 1 heterocycles. The number of nitrogens with zero attached hydrogens (tertiary/aromatic N) is 1. The van der Waals surface area contributed by atoms with E-state index in [2.05, 4.69) is 36.2 Å². The number of aromatic nitrogens is 1. The van der Waals surface area contributed by atoms with E-state index in [-0.39, 0.29) is 5.97 Å². The molecule has 0 aliphatic carbocycles. The average Bonchev–Trinajstić information content (AvgIpc) is 2.75. The second kappa shape index (κ2) is 19.4. The van der Waals surface area contributed by atoms with Gasteiger partial charge in [-0.3, -0.25) is 9.78 Å². The Morgan fingerprint density at radius 1 is 0.897 bits per heavy atom. The molecule has 0 bridgehead atoms. The molecule has 162 valence electrons. The SMILES string of the molecule is CCCCC/C=C\C/C=C\CCCCCCCCCC(=O)OCc1cccnc1. The van der Waals surface area contributed by atoms with Crippen molar-refractivity contribution in [1.82, 2.24) is 4.98 Å². The Bertz CT molecular complexity index is 551. The van der Waals surface area contributed by atoms with E-state index < -0.39 is 0 Å². The van der Waals surface area contributed by atoms with E-state index in [0.717, 1.165) is 24.8 Å². The molecule has 0 saturated carbocycles. The Labute approximate surface area is 178 Å². The van der Waals surface area contributed by atoms with Gasteiger partial charge >= 0.3 is 5.97 Å². The Morgan fingerprint density at radius 3 is 2.21 bits per heavy atom. The van der Waals surface area contributed by atoms with E-state index in [1.807, 2.05) is 12.1 Å². The van der Waals surface area contributed by atoms with Crippen molar-refractivity contribution < 1.29 is 9.53 Å². The molecule has 0 unspecified atom stereocenters. The average molecular weight is 400 g/mol. The van der Waals surface area contributed by atoms with E-state index in [9.17, 15) is 4.79 Å². The molecule has 3 heteroatoms. The van der Waals surface area contributed by atoms with Gasteiger partial charge in [-0.1, -0.05) is 82.2 Å². The second-order valence-electron chi connectivity index (χ2n) is 7.71. The van der Waals surface area contributed by atoms with Crippen molar-refractivity contribution >= 4 is 5.97 Å². The van der Waals surface area contributed by atoms with Gasteiger partial charge in [-0.25, -0.2) is 0 Å². The first-order valence-corrected chi connectivity index (χ1v) is 11.7. The smallest absolute Gasteiger partial charge is 0.306 e. The normalized spacial score (nSPS) is 11.5. The minimum atomic E-state index is -0.101. The first-order valence-electron chi connectivity index (χ1n) is 11.7. The molecule has 0 fully saturated rings. The lowest BCUT2D eigenvalue weighted by Crippen LogP contribution is -2.04. The molecule has 0 radical (unpaired) electrons.